The van der Waals surface area contributed by atoms with E-state index in [2.05, 4.69) is 6.92 Å². The van der Waals surface area contributed by atoms with Gasteiger partial charge in [-0.3, -0.25) is 9.59 Å². The summed E-state index contributed by atoms with van der Waals surface area (Å²) in [5.74, 6) is -2.58. The van der Waals surface area contributed by atoms with Gasteiger partial charge in [0.1, 0.15) is 0 Å². The first-order valence-corrected chi connectivity index (χ1v) is 6.58. The van der Waals surface area contributed by atoms with Crippen molar-refractivity contribution in [3.63, 3.8) is 0 Å². The van der Waals surface area contributed by atoms with Crippen LogP contribution in [-0.4, -0.2) is 22.2 Å². The van der Waals surface area contributed by atoms with E-state index >= 15 is 0 Å². The van der Waals surface area contributed by atoms with Crippen molar-refractivity contribution in [3.8, 4) is 0 Å². The van der Waals surface area contributed by atoms with Gasteiger partial charge < -0.3 is 11.6 Å². The summed E-state index contributed by atoms with van der Waals surface area (Å²) in [5, 5.41) is 18.8. The molecule has 5 heteroatoms. The Morgan fingerprint density at radius 3 is 2.05 bits per heavy atom. The molecule has 0 atom stereocenters. The van der Waals surface area contributed by atoms with Crippen LogP contribution in [0.15, 0.2) is 30.3 Å². The molecule has 106 valence electrons. The zero-order valence-corrected chi connectivity index (χ0v) is 15.3. The predicted molar refractivity (Wildman–Crippen MR) is 73.3 cm³/mol. The monoisotopic (exact) mass is 304 g/mol. The summed E-state index contributed by atoms with van der Waals surface area (Å²) < 4.78 is 0. The fraction of sp³-hybridized carbons (Fsp3) is 0.467. The van der Waals surface area contributed by atoms with E-state index in [4.69, 9.17) is 0 Å². The molecule has 2 N–H and O–H groups in total. The Morgan fingerprint density at radius 1 is 1.05 bits per heavy atom. The average molecular weight is 304 g/mol. The number of unbranched alkanes of at least 4 members (excludes halogenated alkanes) is 3. The predicted octanol–water partition coefficient (Wildman–Crippen LogP) is 0.181. The van der Waals surface area contributed by atoms with Gasteiger partial charge in [0, 0.05) is 0 Å². The Labute approximate surface area is 163 Å². The van der Waals surface area contributed by atoms with Crippen LogP contribution in [0.25, 0.3) is 0 Å². The van der Waals surface area contributed by atoms with Gasteiger partial charge in [-0.05, 0) is 12.0 Å². The minimum Gasteiger partial charge on any atom is -1.00 e. The summed E-state index contributed by atoms with van der Waals surface area (Å²) in [6.45, 7) is 2.05. The molecule has 0 aromatic heterocycles. The zero-order chi connectivity index (χ0) is 14.3. The molecule has 20 heavy (non-hydrogen) atoms. The van der Waals surface area contributed by atoms with E-state index in [1.165, 1.54) is 0 Å². The number of carboxylic acids is 2. The van der Waals surface area contributed by atoms with Gasteiger partial charge in [0.05, 0.1) is 0 Å². The number of hydrogen-bond donors (Lipinski definition) is 2. The molecule has 0 bridgehead atoms. The molecule has 0 aliphatic carbocycles. The molecule has 0 heterocycles. The summed E-state index contributed by atoms with van der Waals surface area (Å²) in [7, 11) is 0. The number of aliphatic carboxylic acids is 2. The fourth-order valence-electron chi connectivity index (χ4n) is 2.24. The molecule has 0 fully saturated rings. The van der Waals surface area contributed by atoms with Crippen LogP contribution in [0.2, 0.25) is 0 Å². The van der Waals surface area contributed by atoms with Gasteiger partial charge in [-0.25, -0.2) is 0 Å². The minimum atomic E-state index is -1.82. The Hall–Kier alpha value is -0.204. The summed E-state index contributed by atoms with van der Waals surface area (Å²) >= 11 is 0. The van der Waals surface area contributed by atoms with Crippen molar-refractivity contribution in [2.45, 2.75) is 44.4 Å². The van der Waals surface area contributed by atoms with E-state index in [1.54, 1.807) is 30.3 Å². The van der Waals surface area contributed by atoms with Crippen molar-refractivity contribution in [1.82, 2.24) is 0 Å². The topological polar surface area (TPSA) is 74.6 Å². The molecule has 1 rings (SSSR count). The van der Waals surface area contributed by atoms with E-state index in [0.29, 0.717) is 12.0 Å². The normalized spacial score (nSPS) is 10.7. The molecule has 1 aromatic carbocycles. The van der Waals surface area contributed by atoms with E-state index in [1.807, 2.05) is 0 Å². The van der Waals surface area contributed by atoms with Gasteiger partial charge in [-0.15, -0.1) is 0 Å². The van der Waals surface area contributed by atoms with Gasteiger partial charge in [0.2, 0.25) is 0 Å². The first-order chi connectivity index (χ1) is 9.05. The standard InChI is InChI=1S/C15H20O4.K.H/c1-2-3-4-8-11-15(13(16)17,14(18)19)12-9-6-5-7-10-12;;/h5-7,9-10H,2-4,8,11H2,1H3,(H,16,17)(H,18,19);;/q;+1;-1. The first-order valence-electron chi connectivity index (χ1n) is 6.58. The molecule has 0 aliphatic heterocycles. The maximum Gasteiger partial charge on any atom is 1.00 e. The second kappa shape index (κ2) is 9.68. The Morgan fingerprint density at radius 2 is 1.60 bits per heavy atom. The molecule has 0 spiro atoms. The van der Waals surface area contributed by atoms with Crippen molar-refractivity contribution in [3.05, 3.63) is 35.9 Å². The first kappa shape index (κ1) is 19.8. The van der Waals surface area contributed by atoms with Crippen LogP contribution in [-0.2, 0) is 15.0 Å². The van der Waals surface area contributed by atoms with Gasteiger partial charge >= 0.3 is 63.3 Å². The van der Waals surface area contributed by atoms with Crippen LogP contribution < -0.4 is 51.4 Å². The largest absolute Gasteiger partial charge is 1.00 e. The van der Waals surface area contributed by atoms with Crippen molar-refractivity contribution < 1.29 is 72.6 Å². The third kappa shape index (κ3) is 4.67. The molecule has 0 saturated carbocycles. The van der Waals surface area contributed by atoms with E-state index in [9.17, 15) is 19.8 Å². The number of rotatable bonds is 8. The molecular weight excluding hydrogens is 283 g/mol. The minimum absolute atomic E-state index is 0. The Balaban J connectivity index is 0. The summed E-state index contributed by atoms with van der Waals surface area (Å²) in [4.78, 5) is 23.1. The van der Waals surface area contributed by atoms with Crippen LogP contribution in [0.3, 0.4) is 0 Å². The molecular formula is C15H21KO4. The second-order valence-electron chi connectivity index (χ2n) is 4.69. The molecule has 0 aliphatic rings. The third-order valence-corrected chi connectivity index (χ3v) is 3.40. The smallest absolute Gasteiger partial charge is 1.00 e. The molecule has 0 radical (unpaired) electrons. The maximum atomic E-state index is 11.5. The van der Waals surface area contributed by atoms with Crippen molar-refractivity contribution in [2.24, 2.45) is 0 Å². The van der Waals surface area contributed by atoms with Gasteiger partial charge in [0.15, 0.2) is 5.41 Å². The SMILES string of the molecule is CCCCCCC(C(=O)O)(C(=O)O)c1ccccc1.[H-].[K+]. The van der Waals surface area contributed by atoms with Crippen molar-refractivity contribution in [2.75, 3.05) is 0 Å². The zero-order valence-electron chi connectivity index (χ0n) is 13.1. The number of carboxylic acid groups (broad SMARTS) is 2. The van der Waals surface area contributed by atoms with Gasteiger partial charge in [0.25, 0.3) is 0 Å². The van der Waals surface area contributed by atoms with Crippen LogP contribution >= 0.6 is 0 Å². The number of carbonyl (C=O) groups is 2. The number of hydrogen-bond acceptors (Lipinski definition) is 2. The molecule has 0 saturated heterocycles. The molecule has 1 aromatic rings. The van der Waals surface area contributed by atoms with Crippen LogP contribution in [0.4, 0.5) is 0 Å². The quantitative estimate of drug-likeness (QED) is 0.408. The summed E-state index contributed by atoms with van der Waals surface area (Å²) in [6, 6.07) is 8.23. The second-order valence-corrected chi connectivity index (χ2v) is 4.69. The maximum absolute atomic E-state index is 11.5. The summed E-state index contributed by atoms with van der Waals surface area (Å²) in [5.41, 5.74) is -1.49. The molecule has 4 nitrogen and oxygen atoms in total. The summed E-state index contributed by atoms with van der Waals surface area (Å²) in [6.07, 6.45) is 3.59. The van der Waals surface area contributed by atoms with Crippen molar-refractivity contribution in [1.29, 1.82) is 0 Å². The molecule has 0 unspecified atom stereocenters. The van der Waals surface area contributed by atoms with Crippen LogP contribution in [0.5, 0.6) is 0 Å². The fourth-order valence-corrected chi connectivity index (χ4v) is 2.24. The van der Waals surface area contributed by atoms with E-state index < -0.39 is 17.4 Å². The Bertz CT molecular complexity index is 423. The average Bonchev–Trinajstić information content (AvgIpc) is 2.39. The Kier molecular flexibility index (Phi) is 9.58. The number of benzene rings is 1. The van der Waals surface area contributed by atoms with Crippen LogP contribution in [0, 0.1) is 0 Å². The van der Waals surface area contributed by atoms with E-state index in [-0.39, 0.29) is 59.2 Å². The van der Waals surface area contributed by atoms with Crippen molar-refractivity contribution >= 4 is 11.9 Å². The van der Waals surface area contributed by atoms with Gasteiger partial charge in [-0.2, -0.15) is 0 Å². The van der Waals surface area contributed by atoms with Gasteiger partial charge in [-0.1, -0.05) is 62.9 Å². The van der Waals surface area contributed by atoms with Crippen LogP contribution in [0.1, 0.15) is 46.0 Å². The van der Waals surface area contributed by atoms with E-state index in [0.717, 1.165) is 19.3 Å². The molecule has 0 amide bonds. The third-order valence-electron chi connectivity index (χ3n) is 3.40.